The fourth-order valence-corrected chi connectivity index (χ4v) is 13.3. The second-order valence-corrected chi connectivity index (χ2v) is 20.2. The molecule has 1 spiro atoms. The maximum absolute atomic E-state index is 10.6. The van der Waals surface area contributed by atoms with Crippen molar-refractivity contribution in [2.24, 2.45) is 52.3 Å². The average Bonchev–Trinajstić information content (AvgIpc) is 3.67. The number of aliphatic hydroxyl groups is 8. The molecule has 0 radical (unpaired) electrons. The molecule has 21 atom stereocenters. The van der Waals surface area contributed by atoms with Crippen LogP contribution in [-0.4, -0.2) is 160 Å². The molecule has 0 aromatic heterocycles. The van der Waals surface area contributed by atoms with Crippen LogP contribution >= 0.6 is 0 Å². The van der Waals surface area contributed by atoms with Crippen LogP contribution in [0.1, 0.15) is 91.9 Å². The van der Waals surface area contributed by atoms with Gasteiger partial charge in [0.2, 0.25) is 0 Å². The molecule has 0 aromatic rings. The quantitative estimate of drug-likeness (QED) is 0.130. The number of ether oxygens (including phenoxy) is 7. The Morgan fingerprint density at radius 3 is 2.00 bits per heavy atom. The minimum absolute atomic E-state index is 0.0348. The van der Waals surface area contributed by atoms with Crippen LogP contribution in [0, 0.1) is 52.3 Å². The van der Waals surface area contributed by atoms with Crippen molar-refractivity contribution in [1.82, 2.24) is 0 Å². The van der Waals surface area contributed by atoms with Gasteiger partial charge in [0.25, 0.3) is 0 Å². The third kappa shape index (κ3) is 8.02. The highest BCUT2D eigenvalue weighted by molar-refractivity contribution is 5.26. The predicted molar refractivity (Wildman–Crippen MR) is 209 cm³/mol. The lowest BCUT2D eigenvalue weighted by Crippen LogP contribution is -2.59. The molecular formula is C44H72O15. The summed E-state index contributed by atoms with van der Waals surface area (Å²) in [5.74, 6) is 2.66. The van der Waals surface area contributed by atoms with E-state index in [9.17, 15) is 40.9 Å². The number of aliphatic hydroxyl groups excluding tert-OH is 8. The van der Waals surface area contributed by atoms with Gasteiger partial charge in [-0.25, -0.2) is 0 Å². The van der Waals surface area contributed by atoms with Gasteiger partial charge in [-0.15, -0.1) is 0 Å². The van der Waals surface area contributed by atoms with Crippen LogP contribution in [0.25, 0.3) is 0 Å². The molecule has 7 fully saturated rings. The van der Waals surface area contributed by atoms with E-state index in [1.54, 1.807) is 0 Å². The van der Waals surface area contributed by atoms with Gasteiger partial charge in [-0.2, -0.15) is 0 Å². The molecule has 3 saturated carbocycles. The summed E-state index contributed by atoms with van der Waals surface area (Å²) in [7, 11) is 0. The first kappa shape index (κ1) is 44.7. The Morgan fingerprint density at radius 1 is 0.763 bits per heavy atom. The Kier molecular flexibility index (Phi) is 13.3. The molecule has 8 aliphatic rings. The zero-order valence-electron chi connectivity index (χ0n) is 35.3. The average molecular weight is 841 g/mol. The van der Waals surface area contributed by atoms with Crippen molar-refractivity contribution in [2.45, 2.75) is 171 Å². The largest absolute Gasteiger partial charge is 0.394 e. The first-order valence-corrected chi connectivity index (χ1v) is 22.6. The summed E-state index contributed by atoms with van der Waals surface area (Å²) in [6.07, 6.45) is -1.29. The molecule has 8 rings (SSSR count). The summed E-state index contributed by atoms with van der Waals surface area (Å²) in [6, 6.07) is 0. The van der Waals surface area contributed by atoms with Crippen LogP contribution in [0.2, 0.25) is 0 Å². The van der Waals surface area contributed by atoms with Crippen LogP contribution in [0.5, 0.6) is 0 Å². The lowest BCUT2D eigenvalue weighted by molar-refractivity contribution is -0.312. The fraction of sp³-hybridized carbons (Fsp3) is 0.955. The molecule has 0 aromatic carbocycles. The number of hydrogen-bond acceptors (Lipinski definition) is 15. The molecule has 0 bridgehead atoms. The summed E-state index contributed by atoms with van der Waals surface area (Å²) in [5.41, 5.74) is 1.91. The summed E-state index contributed by atoms with van der Waals surface area (Å²) in [5, 5.41) is 81.4. The Bertz CT molecular complexity index is 1410. The Balaban J connectivity index is 0.882. The van der Waals surface area contributed by atoms with E-state index in [1.807, 2.05) is 0 Å². The van der Waals surface area contributed by atoms with Crippen LogP contribution in [0.3, 0.4) is 0 Å². The smallest absolute Gasteiger partial charge is 0.186 e. The second-order valence-electron chi connectivity index (χ2n) is 20.2. The first-order valence-electron chi connectivity index (χ1n) is 22.6. The number of allylic oxidation sites excluding steroid dienone is 1. The molecule has 8 N–H and O–H groups in total. The van der Waals surface area contributed by atoms with Gasteiger partial charge < -0.3 is 74.0 Å². The van der Waals surface area contributed by atoms with E-state index in [0.717, 1.165) is 45.1 Å². The van der Waals surface area contributed by atoms with Gasteiger partial charge in [0, 0.05) is 24.9 Å². The molecular weight excluding hydrogens is 768 g/mol. The summed E-state index contributed by atoms with van der Waals surface area (Å²) >= 11 is 0. The van der Waals surface area contributed by atoms with Gasteiger partial charge in [0.05, 0.1) is 45.2 Å². The summed E-state index contributed by atoms with van der Waals surface area (Å²) in [4.78, 5) is 0. The number of fused-ring (bicyclic) bond motifs is 7. The summed E-state index contributed by atoms with van der Waals surface area (Å²) < 4.78 is 42.9. The molecule has 59 heavy (non-hydrogen) atoms. The van der Waals surface area contributed by atoms with Crippen molar-refractivity contribution >= 4 is 0 Å². The van der Waals surface area contributed by atoms with Crippen LogP contribution < -0.4 is 0 Å². The molecule has 4 aliphatic carbocycles. The van der Waals surface area contributed by atoms with Crippen molar-refractivity contribution in [1.29, 1.82) is 0 Å². The Morgan fingerprint density at radius 2 is 1.41 bits per heavy atom. The molecule has 15 nitrogen and oxygen atoms in total. The zero-order chi connectivity index (χ0) is 42.0. The van der Waals surface area contributed by atoms with Gasteiger partial charge in [-0.1, -0.05) is 39.3 Å². The van der Waals surface area contributed by atoms with E-state index >= 15 is 0 Å². The Labute approximate surface area is 348 Å². The lowest BCUT2D eigenvalue weighted by Gasteiger charge is -2.58. The highest BCUT2D eigenvalue weighted by Crippen LogP contribution is 2.70. The molecule has 0 unspecified atom stereocenters. The summed E-state index contributed by atoms with van der Waals surface area (Å²) in [6.45, 7) is 9.61. The molecule has 4 saturated heterocycles. The van der Waals surface area contributed by atoms with E-state index in [0.29, 0.717) is 48.5 Å². The maximum Gasteiger partial charge on any atom is 0.186 e. The van der Waals surface area contributed by atoms with Gasteiger partial charge in [-0.05, 0) is 98.2 Å². The van der Waals surface area contributed by atoms with Crippen molar-refractivity contribution < 1.29 is 74.0 Å². The first-order chi connectivity index (χ1) is 28.1. The van der Waals surface area contributed by atoms with Crippen LogP contribution in [0.15, 0.2) is 11.6 Å². The number of rotatable bonds is 12. The normalized spacial score (nSPS) is 52.2. The van der Waals surface area contributed by atoms with E-state index in [1.165, 1.54) is 24.8 Å². The van der Waals surface area contributed by atoms with Crippen LogP contribution in [0.4, 0.5) is 0 Å². The fourth-order valence-electron chi connectivity index (χ4n) is 13.3. The minimum Gasteiger partial charge on any atom is -0.394 e. The van der Waals surface area contributed by atoms with Crippen molar-refractivity contribution in [3.63, 3.8) is 0 Å². The topological polar surface area (TPSA) is 226 Å². The van der Waals surface area contributed by atoms with E-state index in [-0.39, 0.29) is 36.3 Å². The minimum atomic E-state index is -1.60. The van der Waals surface area contributed by atoms with E-state index in [4.69, 9.17) is 33.2 Å². The van der Waals surface area contributed by atoms with Gasteiger partial charge in [0.1, 0.15) is 48.8 Å². The van der Waals surface area contributed by atoms with Gasteiger partial charge >= 0.3 is 0 Å². The van der Waals surface area contributed by atoms with E-state index < -0.39 is 86.3 Å². The number of hydrogen-bond donors (Lipinski definition) is 8. The highest BCUT2D eigenvalue weighted by Gasteiger charge is 2.68. The molecule has 4 heterocycles. The molecule has 15 heteroatoms. The van der Waals surface area contributed by atoms with Crippen molar-refractivity contribution in [2.75, 3.05) is 39.6 Å². The lowest BCUT2D eigenvalue weighted by atomic mass is 9.47. The molecule has 4 aliphatic heterocycles. The SMILES string of the molecule is C[C@@H]1CC[C@@]2(OC1)O[C@H]1C[C@H]3[C@@H]4CC=C5C[C@@H](OCCC(CO[C@H]6O[C@H](CO)[C@@H](O)[C@H](O)[C@H]6O)CO[C@H]6O[C@H](CO)[C@@H](O)[C@H](O)[C@H]6O)CC[C@]5(C)[C@H]4CC[C@]3(C)[C@H]1[C@@H]2C. The second kappa shape index (κ2) is 17.6. The van der Waals surface area contributed by atoms with Crippen molar-refractivity contribution in [3.05, 3.63) is 11.6 Å². The highest BCUT2D eigenvalue weighted by atomic mass is 16.7. The zero-order valence-corrected chi connectivity index (χ0v) is 35.3. The van der Waals surface area contributed by atoms with Crippen LogP contribution in [-0.2, 0) is 33.2 Å². The van der Waals surface area contributed by atoms with Crippen molar-refractivity contribution in [3.8, 4) is 0 Å². The monoisotopic (exact) mass is 840 g/mol. The van der Waals surface area contributed by atoms with Gasteiger partial charge in [0.15, 0.2) is 18.4 Å². The predicted octanol–water partition coefficient (Wildman–Crippen LogP) is 1.38. The van der Waals surface area contributed by atoms with Gasteiger partial charge in [-0.3, -0.25) is 0 Å². The standard InChI is InChI=1S/C44H72O15/c1-22-7-13-44(56-19-22)23(2)33-30(59-44)16-29-27-6-5-25-15-26(8-11-42(25,3)28(27)9-12-43(29,33)4)53-14-10-24(20-54-40-38(51)36(49)34(47)31(17-45)57-40)21-55-41-39(52)37(50)35(48)32(18-46)58-41/h5,22-24,26-41,45-52H,6-21H2,1-4H3/t22-,23+,26+,27-,28+,29+,30+,31-,32-,33+,34-,35-,36+,37+,38-,39-,40+,41+,42+,43+,44-/m1/s1. The Hall–Kier alpha value is -0.860. The third-order valence-electron chi connectivity index (χ3n) is 16.9. The molecule has 0 amide bonds. The maximum atomic E-state index is 10.6. The van der Waals surface area contributed by atoms with E-state index in [2.05, 4.69) is 33.8 Å². The molecule has 338 valence electrons. The third-order valence-corrected chi connectivity index (χ3v) is 16.9.